The molecular weight excluding hydrogens is 373 g/mol. The van der Waals surface area contributed by atoms with Gasteiger partial charge in [0.25, 0.3) is 0 Å². The van der Waals surface area contributed by atoms with Crippen LogP contribution in [0.15, 0.2) is 42.5 Å². The molecule has 0 radical (unpaired) electrons. The van der Waals surface area contributed by atoms with E-state index in [0.29, 0.717) is 20.8 Å². The summed E-state index contributed by atoms with van der Waals surface area (Å²) in [5, 5.41) is 13.0. The van der Waals surface area contributed by atoms with E-state index >= 15 is 0 Å². The summed E-state index contributed by atoms with van der Waals surface area (Å²) in [5.74, 6) is -2.24. The number of carboxylic acid groups (broad SMARTS) is 1. The summed E-state index contributed by atoms with van der Waals surface area (Å²) in [5.41, 5.74) is 1.17. The molecule has 126 valence electrons. The summed E-state index contributed by atoms with van der Waals surface area (Å²) in [7, 11) is 0. The largest absolute Gasteiger partial charge is 0.481 e. The lowest BCUT2D eigenvalue weighted by molar-refractivity contribution is -0.140. The van der Waals surface area contributed by atoms with Gasteiger partial charge in [-0.2, -0.15) is 0 Å². The van der Waals surface area contributed by atoms with Crippen molar-refractivity contribution in [3.05, 3.63) is 63.1 Å². The maximum atomic E-state index is 12.5. The van der Waals surface area contributed by atoms with E-state index in [1.165, 1.54) is 6.07 Å². The van der Waals surface area contributed by atoms with Crippen LogP contribution in [0.5, 0.6) is 0 Å². The van der Waals surface area contributed by atoms with Gasteiger partial charge in [-0.1, -0.05) is 46.9 Å². The Bertz CT molecular complexity index is 747. The van der Waals surface area contributed by atoms with E-state index in [-0.39, 0.29) is 12.8 Å². The number of halogens is 3. The third-order valence-electron chi connectivity index (χ3n) is 3.37. The van der Waals surface area contributed by atoms with Gasteiger partial charge >= 0.3 is 5.97 Å². The Labute approximate surface area is 154 Å². The normalized spacial score (nSPS) is 11.8. The minimum atomic E-state index is -1.05. The smallest absolute Gasteiger partial charge is 0.304 e. The second-order valence-electron chi connectivity index (χ2n) is 5.24. The van der Waals surface area contributed by atoms with Crippen LogP contribution in [0.2, 0.25) is 15.1 Å². The lowest BCUT2D eigenvalue weighted by atomic mass is 9.95. The first-order chi connectivity index (χ1) is 11.3. The van der Waals surface area contributed by atoms with Crippen LogP contribution in [0.25, 0.3) is 0 Å². The van der Waals surface area contributed by atoms with Crippen molar-refractivity contribution in [1.82, 2.24) is 0 Å². The number of amides is 1. The average molecular weight is 387 g/mol. The first-order valence-corrected chi connectivity index (χ1v) is 8.20. The van der Waals surface area contributed by atoms with E-state index in [1.54, 1.807) is 36.4 Å². The van der Waals surface area contributed by atoms with E-state index in [4.69, 9.17) is 39.9 Å². The zero-order valence-corrected chi connectivity index (χ0v) is 14.7. The van der Waals surface area contributed by atoms with Gasteiger partial charge in [0, 0.05) is 10.0 Å². The zero-order chi connectivity index (χ0) is 17.7. The zero-order valence-electron chi connectivity index (χ0n) is 12.4. The number of hydrogen-bond acceptors (Lipinski definition) is 2. The first kappa shape index (κ1) is 18.6. The fraction of sp³-hybridized carbons (Fsp3) is 0.176. The predicted octanol–water partition coefficient (Wildman–Crippen LogP) is 4.92. The first-order valence-electron chi connectivity index (χ1n) is 7.07. The molecule has 2 aromatic rings. The van der Waals surface area contributed by atoms with Crippen LogP contribution in [0.3, 0.4) is 0 Å². The SMILES string of the molecule is O=C(O)C[C@H](Cc1ccc(Cl)cc1)C(=O)Nc1cc(Cl)ccc1Cl. The van der Waals surface area contributed by atoms with E-state index in [2.05, 4.69) is 5.32 Å². The second kappa shape index (κ2) is 8.38. The fourth-order valence-corrected chi connectivity index (χ4v) is 2.66. The molecule has 2 aromatic carbocycles. The van der Waals surface area contributed by atoms with E-state index < -0.39 is 17.8 Å². The summed E-state index contributed by atoms with van der Waals surface area (Å²) in [4.78, 5) is 23.6. The molecule has 0 spiro atoms. The van der Waals surface area contributed by atoms with Crippen LogP contribution in [0.4, 0.5) is 5.69 Å². The Morgan fingerprint density at radius 2 is 1.62 bits per heavy atom. The third kappa shape index (κ3) is 5.41. The molecule has 2 N–H and O–H groups in total. The van der Waals surface area contributed by atoms with Gasteiger partial charge < -0.3 is 10.4 Å². The molecule has 0 fully saturated rings. The Morgan fingerprint density at radius 1 is 1.00 bits per heavy atom. The highest BCUT2D eigenvalue weighted by Crippen LogP contribution is 2.26. The molecule has 1 amide bonds. The molecule has 7 heteroatoms. The molecule has 0 aliphatic heterocycles. The lowest BCUT2D eigenvalue weighted by Gasteiger charge is -2.16. The molecule has 24 heavy (non-hydrogen) atoms. The van der Waals surface area contributed by atoms with Crippen molar-refractivity contribution in [1.29, 1.82) is 0 Å². The van der Waals surface area contributed by atoms with Crippen LogP contribution >= 0.6 is 34.8 Å². The summed E-state index contributed by atoms with van der Waals surface area (Å²) in [6.07, 6.45) is -0.0276. The Balaban J connectivity index is 2.16. The maximum Gasteiger partial charge on any atom is 0.304 e. The summed E-state index contributed by atoms with van der Waals surface area (Å²) in [6, 6.07) is 11.6. The molecule has 2 rings (SSSR count). The molecule has 0 heterocycles. The Hall–Kier alpha value is -1.75. The number of carbonyl (C=O) groups excluding carboxylic acids is 1. The van der Waals surface area contributed by atoms with Crippen molar-refractivity contribution in [3.63, 3.8) is 0 Å². The molecule has 0 aromatic heterocycles. The van der Waals surface area contributed by atoms with Gasteiger partial charge in [-0.05, 0) is 42.3 Å². The molecule has 0 saturated carbocycles. The average Bonchev–Trinajstić information content (AvgIpc) is 2.52. The number of benzene rings is 2. The van der Waals surface area contributed by atoms with E-state index in [1.807, 2.05) is 0 Å². The van der Waals surface area contributed by atoms with Crippen molar-refractivity contribution in [2.45, 2.75) is 12.8 Å². The van der Waals surface area contributed by atoms with Crippen molar-refractivity contribution in [2.75, 3.05) is 5.32 Å². The van der Waals surface area contributed by atoms with Gasteiger partial charge in [0.1, 0.15) is 0 Å². The molecule has 0 unspecified atom stereocenters. The van der Waals surface area contributed by atoms with Crippen LogP contribution in [0, 0.1) is 5.92 Å². The number of carbonyl (C=O) groups is 2. The molecule has 0 aliphatic rings. The molecule has 0 saturated heterocycles. The fourth-order valence-electron chi connectivity index (χ4n) is 2.20. The minimum absolute atomic E-state index is 0.271. The number of rotatable bonds is 6. The predicted molar refractivity (Wildman–Crippen MR) is 96.0 cm³/mol. The van der Waals surface area contributed by atoms with Crippen molar-refractivity contribution < 1.29 is 14.7 Å². The summed E-state index contributed by atoms with van der Waals surface area (Å²) >= 11 is 17.8. The maximum absolute atomic E-state index is 12.5. The standard InChI is InChI=1S/C17H14Cl3NO3/c18-12-3-1-10(2-4-12)7-11(8-16(22)23)17(24)21-15-9-13(19)5-6-14(15)20/h1-6,9,11H,7-8H2,(H,21,24)(H,22,23)/t11-/m0/s1. The molecule has 1 atom stereocenters. The number of nitrogens with one attached hydrogen (secondary N) is 1. The highest BCUT2D eigenvalue weighted by Gasteiger charge is 2.23. The Kier molecular flexibility index (Phi) is 6.49. The quantitative estimate of drug-likeness (QED) is 0.740. The lowest BCUT2D eigenvalue weighted by Crippen LogP contribution is -2.27. The second-order valence-corrected chi connectivity index (χ2v) is 6.52. The van der Waals surface area contributed by atoms with Gasteiger partial charge in [-0.25, -0.2) is 0 Å². The number of anilines is 1. The third-order valence-corrected chi connectivity index (χ3v) is 4.19. The minimum Gasteiger partial charge on any atom is -0.481 e. The van der Waals surface area contributed by atoms with Gasteiger partial charge in [-0.3, -0.25) is 9.59 Å². The molecular formula is C17H14Cl3NO3. The number of carboxylic acids is 1. The van der Waals surface area contributed by atoms with Gasteiger partial charge in [0.2, 0.25) is 5.91 Å². The summed E-state index contributed by atoms with van der Waals surface area (Å²) in [6.45, 7) is 0. The molecule has 0 bridgehead atoms. The van der Waals surface area contributed by atoms with Crippen LogP contribution in [0.1, 0.15) is 12.0 Å². The molecule has 4 nitrogen and oxygen atoms in total. The van der Waals surface area contributed by atoms with Crippen LogP contribution in [-0.2, 0) is 16.0 Å². The highest BCUT2D eigenvalue weighted by atomic mass is 35.5. The Morgan fingerprint density at radius 3 is 2.25 bits per heavy atom. The highest BCUT2D eigenvalue weighted by molar-refractivity contribution is 6.35. The van der Waals surface area contributed by atoms with Gasteiger partial charge in [0.15, 0.2) is 0 Å². The van der Waals surface area contributed by atoms with E-state index in [0.717, 1.165) is 5.56 Å². The van der Waals surface area contributed by atoms with E-state index in [9.17, 15) is 9.59 Å². The monoisotopic (exact) mass is 385 g/mol. The van der Waals surface area contributed by atoms with Crippen molar-refractivity contribution in [3.8, 4) is 0 Å². The number of aliphatic carboxylic acids is 1. The number of hydrogen-bond donors (Lipinski definition) is 2. The van der Waals surface area contributed by atoms with Gasteiger partial charge in [-0.15, -0.1) is 0 Å². The van der Waals surface area contributed by atoms with Crippen LogP contribution < -0.4 is 5.32 Å². The molecule has 0 aliphatic carbocycles. The van der Waals surface area contributed by atoms with Crippen molar-refractivity contribution >= 4 is 52.4 Å². The van der Waals surface area contributed by atoms with Crippen molar-refractivity contribution in [2.24, 2.45) is 5.92 Å². The topological polar surface area (TPSA) is 66.4 Å². The van der Waals surface area contributed by atoms with Crippen LogP contribution in [-0.4, -0.2) is 17.0 Å². The van der Waals surface area contributed by atoms with Gasteiger partial charge in [0.05, 0.1) is 23.0 Å². The summed E-state index contributed by atoms with van der Waals surface area (Å²) < 4.78 is 0.